The van der Waals surface area contributed by atoms with E-state index in [9.17, 15) is 14.7 Å². The Morgan fingerprint density at radius 1 is 1.17 bits per heavy atom. The number of ether oxygens (including phenoxy) is 1. The molecule has 0 saturated heterocycles. The summed E-state index contributed by atoms with van der Waals surface area (Å²) in [5, 5.41) is 10.5. The molecule has 1 rings (SSSR count). The highest BCUT2D eigenvalue weighted by Gasteiger charge is 2.23. The molecule has 0 spiro atoms. The minimum atomic E-state index is -1.16. The van der Waals surface area contributed by atoms with E-state index in [2.05, 4.69) is 0 Å². The van der Waals surface area contributed by atoms with E-state index in [0.717, 1.165) is 5.56 Å². The third kappa shape index (κ3) is 5.48. The number of carbonyl (C=O) groups is 2. The minimum absolute atomic E-state index is 0.0633. The monoisotopic (exact) mass is 249 g/mol. The maximum atomic E-state index is 11.6. The number of aliphatic carboxylic acids is 1. The van der Waals surface area contributed by atoms with Crippen molar-refractivity contribution in [1.29, 1.82) is 0 Å². The SMILES string of the molecule is CC(C)(CC(=O)[O-])CC(=O)OCc1ccccc1. The lowest BCUT2D eigenvalue weighted by molar-refractivity contribution is -0.307. The van der Waals surface area contributed by atoms with Crippen molar-refractivity contribution in [3.63, 3.8) is 0 Å². The van der Waals surface area contributed by atoms with E-state index in [1.165, 1.54) is 0 Å². The van der Waals surface area contributed by atoms with Crippen molar-refractivity contribution in [2.45, 2.75) is 33.3 Å². The fraction of sp³-hybridized carbons (Fsp3) is 0.429. The minimum Gasteiger partial charge on any atom is -0.550 e. The number of hydrogen-bond acceptors (Lipinski definition) is 4. The number of carboxylic acids is 1. The van der Waals surface area contributed by atoms with Gasteiger partial charge in [-0.1, -0.05) is 44.2 Å². The number of esters is 1. The van der Waals surface area contributed by atoms with E-state index in [4.69, 9.17) is 4.74 Å². The molecule has 0 unspecified atom stereocenters. The summed E-state index contributed by atoms with van der Waals surface area (Å²) in [4.78, 5) is 22.1. The Hall–Kier alpha value is -1.84. The van der Waals surface area contributed by atoms with Gasteiger partial charge in [-0.25, -0.2) is 0 Å². The summed E-state index contributed by atoms with van der Waals surface area (Å²) in [5.41, 5.74) is 0.260. The van der Waals surface area contributed by atoms with Crippen molar-refractivity contribution >= 4 is 11.9 Å². The maximum absolute atomic E-state index is 11.6. The van der Waals surface area contributed by atoms with Gasteiger partial charge in [-0.05, 0) is 17.4 Å². The zero-order chi connectivity index (χ0) is 13.6. The Balaban J connectivity index is 2.40. The van der Waals surface area contributed by atoms with Gasteiger partial charge >= 0.3 is 5.97 Å². The van der Waals surface area contributed by atoms with Crippen LogP contribution in [0.2, 0.25) is 0 Å². The van der Waals surface area contributed by atoms with Crippen LogP contribution >= 0.6 is 0 Å². The smallest absolute Gasteiger partial charge is 0.306 e. The maximum Gasteiger partial charge on any atom is 0.306 e. The molecule has 0 saturated carbocycles. The second-order valence-corrected chi connectivity index (χ2v) is 5.04. The average Bonchev–Trinajstić information content (AvgIpc) is 2.25. The summed E-state index contributed by atoms with van der Waals surface area (Å²) in [7, 11) is 0. The van der Waals surface area contributed by atoms with Crippen LogP contribution in [0.25, 0.3) is 0 Å². The van der Waals surface area contributed by atoms with Crippen molar-refractivity contribution in [2.24, 2.45) is 5.41 Å². The highest BCUT2D eigenvalue weighted by atomic mass is 16.5. The molecule has 0 aliphatic carbocycles. The number of carboxylic acid groups (broad SMARTS) is 1. The van der Waals surface area contributed by atoms with Crippen LogP contribution in [-0.2, 0) is 20.9 Å². The molecule has 1 aromatic carbocycles. The molecule has 4 heteroatoms. The quantitative estimate of drug-likeness (QED) is 0.712. The van der Waals surface area contributed by atoms with Gasteiger partial charge in [0.2, 0.25) is 0 Å². The molecular weight excluding hydrogens is 232 g/mol. The van der Waals surface area contributed by atoms with Crippen LogP contribution in [0.1, 0.15) is 32.3 Å². The molecule has 4 nitrogen and oxygen atoms in total. The fourth-order valence-corrected chi connectivity index (χ4v) is 1.63. The Morgan fingerprint density at radius 3 is 2.33 bits per heavy atom. The summed E-state index contributed by atoms with van der Waals surface area (Å²) < 4.78 is 5.09. The van der Waals surface area contributed by atoms with Gasteiger partial charge in [-0.2, -0.15) is 0 Å². The Kier molecular flexibility index (Phi) is 4.89. The summed E-state index contributed by atoms with van der Waals surface area (Å²) in [6.07, 6.45) is -0.0960. The first kappa shape index (κ1) is 14.2. The van der Waals surface area contributed by atoms with Crippen LogP contribution in [0.15, 0.2) is 30.3 Å². The molecule has 0 aliphatic rings. The predicted octanol–water partition coefficient (Wildman–Crippen LogP) is 1.29. The average molecular weight is 249 g/mol. The van der Waals surface area contributed by atoms with Gasteiger partial charge in [0.1, 0.15) is 6.61 Å². The van der Waals surface area contributed by atoms with Gasteiger partial charge in [0.05, 0.1) is 6.42 Å². The number of benzene rings is 1. The van der Waals surface area contributed by atoms with Crippen LogP contribution in [0.5, 0.6) is 0 Å². The van der Waals surface area contributed by atoms with Crippen molar-refractivity contribution in [3.05, 3.63) is 35.9 Å². The summed E-state index contributed by atoms with van der Waals surface area (Å²) in [5.74, 6) is -1.55. The molecule has 1 aromatic rings. The van der Waals surface area contributed by atoms with Crippen molar-refractivity contribution in [3.8, 4) is 0 Å². The number of carbonyl (C=O) groups excluding carboxylic acids is 2. The molecule has 0 amide bonds. The van der Waals surface area contributed by atoms with Gasteiger partial charge in [0, 0.05) is 5.97 Å². The Bertz CT molecular complexity index is 409. The first-order valence-electron chi connectivity index (χ1n) is 5.78. The Morgan fingerprint density at radius 2 is 1.78 bits per heavy atom. The fourth-order valence-electron chi connectivity index (χ4n) is 1.63. The molecule has 0 aromatic heterocycles. The zero-order valence-electron chi connectivity index (χ0n) is 10.6. The van der Waals surface area contributed by atoms with Crippen LogP contribution < -0.4 is 5.11 Å². The molecule has 0 fully saturated rings. The summed E-state index contributed by atoms with van der Waals surface area (Å²) in [6.45, 7) is 3.61. The van der Waals surface area contributed by atoms with E-state index in [1.54, 1.807) is 13.8 Å². The lowest BCUT2D eigenvalue weighted by Gasteiger charge is -2.23. The van der Waals surface area contributed by atoms with E-state index >= 15 is 0 Å². The number of hydrogen-bond donors (Lipinski definition) is 0. The summed E-state index contributed by atoms with van der Waals surface area (Å²) >= 11 is 0. The topological polar surface area (TPSA) is 66.4 Å². The van der Waals surface area contributed by atoms with E-state index in [1.807, 2.05) is 30.3 Å². The molecule has 18 heavy (non-hydrogen) atoms. The van der Waals surface area contributed by atoms with Crippen LogP contribution in [0, 0.1) is 5.41 Å². The van der Waals surface area contributed by atoms with Gasteiger partial charge in [0.25, 0.3) is 0 Å². The van der Waals surface area contributed by atoms with E-state index in [0.29, 0.717) is 0 Å². The normalized spacial score (nSPS) is 11.0. The lowest BCUT2D eigenvalue weighted by atomic mass is 9.86. The number of rotatable bonds is 6. The first-order valence-corrected chi connectivity index (χ1v) is 5.78. The Labute approximate surface area is 107 Å². The van der Waals surface area contributed by atoms with Crippen molar-refractivity contribution in [1.82, 2.24) is 0 Å². The third-order valence-corrected chi connectivity index (χ3v) is 2.49. The van der Waals surface area contributed by atoms with Crippen LogP contribution in [0.4, 0.5) is 0 Å². The van der Waals surface area contributed by atoms with Crippen molar-refractivity contribution < 1.29 is 19.4 Å². The molecule has 0 heterocycles. The molecule has 0 bridgehead atoms. The zero-order valence-corrected chi connectivity index (χ0v) is 10.6. The molecular formula is C14H17O4-. The van der Waals surface area contributed by atoms with Gasteiger partial charge in [-0.3, -0.25) is 4.79 Å². The second-order valence-electron chi connectivity index (χ2n) is 5.04. The van der Waals surface area contributed by atoms with Crippen molar-refractivity contribution in [2.75, 3.05) is 0 Å². The van der Waals surface area contributed by atoms with E-state index in [-0.39, 0.29) is 19.4 Å². The molecule has 0 aliphatic heterocycles. The first-order chi connectivity index (χ1) is 8.39. The van der Waals surface area contributed by atoms with Gasteiger partial charge in [0.15, 0.2) is 0 Å². The van der Waals surface area contributed by atoms with Gasteiger partial charge < -0.3 is 14.6 Å². The molecule has 0 N–H and O–H groups in total. The highest BCUT2D eigenvalue weighted by Crippen LogP contribution is 2.25. The largest absolute Gasteiger partial charge is 0.550 e. The molecule has 0 radical (unpaired) electrons. The summed E-state index contributed by atoms with van der Waals surface area (Å²) in [6, 6.07) is 9.33. The van der Waals surface area contributed by atoms with E-state index < -0.39 is 17.4 Å². The standard InChI is InChI=1S/C14H18O4/c1-14(2,8-12(15)16)9-13(17)18-10-11-6-4-3-5-7-11/h3-7H,8-10H2,1-2H3,(H,15,16)/p-1. The highest BCUT2D eigenvalue weighted by molar-refractivity contribution is 5.72. The van der Waals surface area contributed by atoms with Gasteiger partial charge in [-0.15, -0.1) is 0 Å². The van der Waals surface area contributed by atoms with Crippen LogP contribution in [0.3, 0.4) is 0 Å². The predicted molar refractivity (Wildman–Crippen MR) is 64.3 cm³/mol. The third-order valence-electron chi connectivity index (χ3n) is 2.49. The van der Waals surface area contributed by atoms with Crippen LogP contribution in [-0.4, -0.2) is 11.9 Å². The molecule has 98 valence electrons. The molecule has 0 atom stereocenters. The second kappa shape index (κ2) is 6.19. The lowest BCUT2D eigenvalue weighted by Crippen LogP contribution is -2.30.